The Morgan fingerprint density at radius 2 is 1.78 bits per heavy atom. The highest BCUT2D eigenvalue weighted by atomic mass is 32.2. The Labute approximate surface area is 244 Å². The van der Waals surface area contributed by atoms with Crippen LogP contribution in [0.15, 0.2) is 58.3 Å². The van der Waals surface area contributed by atoms with Crippen molar-refractivity contribution in [2.45, 2.75) is 79.4 Å². The molecule has 4 rings (SSSR count). The van der Waals surface area contributed by atoms with Gasteiger partial charge in [0, 0.05) is 31.7 Å². The van der Waals surface area contributed by atoms with Gasteiger partial charge in [0.2, 0.25) is 20.0 Å². The van der Waals surface area contributed by atoms with Gasteiger partial charge in [0.05, 0.1) is 22.0 Å². The van der Waals surface area contributed by atoms with Gasteiger partial charge in [-0.3, -0.25) is 0 Å². The van der Waals surface area contributed by atoms with Crippen LogP contribution in [0.4, 0.5) is 0 Å². The molecule has 2 unspecified atom stereocenters. The van der Waals surface area contributed by atoms with Gasteiger partial charge in [-0.15, -0.1) is 0 Å². The van der Waals surface area contributed by atoms with Crippen molar-refractivity contribution in [3.05, 3.63) is 54.1 Å². The molecule has 2 fully saturated rings. The lowest BCUT2D eigenvalue weighted by molar-refractivity contribution is -0.0312. The van der Waals surface area contributed by atoms with E-state index < -0.39 is 26.2 Å². The van der Waals surface area contributed by atoms with E-state index in [9.17, 15) is 21.9 Å². The minimum absolute atomic E-state index is 0.00147. The first-order valence-electron chi connectivity index (χ1n) is 14.1. The zero-order chi connectivity index (χ0) is 29.9. The normalized spacial score (nSPS) is 20.8. The van der Waals surface area contributed by atoms with Crippen LogP contribution < -0.4 is 14.8 Å². The predicted octanol–water partition coefficient (Wildman–Crippen LogP) is 2.62. The van der Waals surface area contributed by atoms with E-state index in [-0.39, 0.29) is 35.1 Å². The Hall–Kier alpha value is -2.06. The van der Waals surface area contributed by atoms with E-state index in [1.165, 1.54) is 19.2 Å². The van der Waals surface area contributed by atoms with Gasteiger partial charge in [0.15, 0.2) is 0 Å². The van der Waals surface area contributed by atoms with Crippen LogP contribution in [0.3, 0.4) is 0 Å². The number of nitrogens with zero attached hydrogens (tertiary/aromatic N) is 1. The molecule has 2 aliphatic heterocycles. The highest BCUT2D eigenvalue weighted by Crippen LogP contribution is 2.37. The van der Waals surface area contributed by atoms with E-state index in [4.69, 9.17) is 9.47 Å². The lowest BCUT2D eigenvalue weighted by atomic mass is 9.82. The number of nitrogens with one attached hydrogen (secondary N) is 2. The molecule has 12 heteroatoms. The minimum atomic E-state index is -3.58. The molecule has 3 N–H and O–H groups in total. The zero-order valence-electron chi connectivity index (χ0n) is 24.3. The summed E-state index contributed by atoms with van der Waals surface area (Å²) in [5.41, 5.74) is 0.746. The molecule has 2 atom stereocenters. The number of sulfonamides is 2. The average Bonchev–Trinajstić information content (AvgIpc) is 3.37. The number of rotatable bonds is 12. The molecule has 0 aliphatic carbocycles. The fourth-order valence-electron chi connectivity index (χ4n) is 5.29. The predicted molar refractivity (Wildman–Crippen MR) is 157 cm³/mol. The van der Waals surface area contributed by atoms with E-state index in [1.54, 1.807) is 28.6 Å². The van der Waals surface area contributed by atoms with Gasteiger partial charge in [-0.25, -0.2) is 21.6 Å². The average molecular weight is 610 g/mol. The van der Waals surface area contributed by atoms with Crippen LogP contribution in [0.1, 0.15) is 52.0 Å². The maximum Gasteiger partial charge on any atom is 0.243 e. The van der Waals surface area contributed by atoms with Crippen molar-refractivity contribution in [1.29, 1.82) is 0 Å². The number of piperidine rings is 1. The fraction of sp³-hybridized carbons (Fsp3) is 0.586. The summed E-state index contributed by atoms with van der Waals surface area (Å²) in [5, 5.41) is 13.8. The Morgan fingerprint density at radius 3 is 2.41 bits per heavy atom. The first-order chi connectivity index (χ1) is 19.3. The van der Waals surface area contributed by atoms with Crippen LogP contribution in [0.2, 0.25) is 0 Å². The van der Waals surface area contributed by atoms with Crippen LogP contribution in [0, 0.1) is 0 Å². The molecule has 2 saturated heterocycles. The van der Waals surface area contributed by atoms with Crippen LogP contribution >= 0.6 is 0 Å². The number of hydrogen-bond acceptors (Lipinski definition) is 8. The summed E-state index contributed by atoms with van der Waals surface area (Å²) in [5.74, 6) is 0.353. The largest absolute Gasteiger partial charge is 0.491 e. The molecule has 10 nitrogen and oxygen atoms in total. The second kappa shape index (κ2) is 12.7. The molecule has 2 aliphatic rings. The minimum Gasteiger partial charge on any atom is -0.491 e. The molecular formula is C29H43N3O7S2. The molecule has 2 heterocycles. The van der Waals surface area contributed by atoms with Gasteiger partial charge >= 0.3 is 0 Å². The van der Waals surface area contributed by atoms with E-state index in [1.807, 2.05) is 12.1 Å². The SMILES string of the molecule is CCC(C)(C)c1ccc(S(=O)(=O)N2CCC3(CC2)CC(NCC(O)COc2cccc(S(=O)(=O)NC)c2)CO3)cc1. The quantitative estimate of drug-likeness (QED) is 0.335. The number of ether oxygens (including phenoxy) is 2. The van der Waals surface area contributed by atoms with E-state index in [2.05, 4.69) is 30.8 Å². The lowest BCUT2D eigenvalue weighted by Crippen LogP contribution is -2.47. The van der Waals surface area contributed by atoms with Crippen molar-refractivity contribution in [1.82, 2.24) is 14.3 Å². The maximum absolute atomic E-state index is 13.3. The molecule has 0 amide bonds. The highest BCUT2D eigenvalue weighted by molar-refractivity contribution is 7.89. The van der Waals surface area contributed by atoms with Gasteiger partial charge in [0.1, 0.15) is 18.5 Å². The summed E-state index contributed by atoms with van der Waals surface area (Å²) >= 11 is 0. The summed E-state index contributed by atoms with van der Waals surface area (Å²) in [6.07, 6.45) is 2.12. The standard InChI is InChI=1S/C29H43N3O7S2/c1-5-28(2,3)22-9-11-26(12-10-22)41(36,37)32-15-13-29(14-16-32)18-23(20-39-29)31-19-24(33)21-38-25-7-6-8-27(17-25)40(34,35)30-4/h6-12,17,23-24,30-31,33H,5,13-16,18-21H2,1-4H3. The van der Waals surface area contributed by atoms with Crippen molar-refractivity contribution < 1.29 is 31.4 Å². The van der Waals surface area contributed by atoms with E-state index in [0.717, 1.165) is 18.4 Å². The third-order valence-electron chi connectivity index (χ3n) is 8.47. The van der Waals surface area contributed by atoms with Gasteiger partial charge in [-0.1, -0.05) is 39.0 Å². The molecular weight excluding hydrogens is 566 g/mol. The molecule has 228 valence electrons. The Bertz CT molecular complexity index is 1390. The van der Waals surface area contributed by atoms with Crippen molar-refractivity contribution in [2.75, 3.05) is 39.9 Å². The molecule has 2 aromatic rings. The van der Waals surface area contributed by atoms with Crippen LogP contribution in [0.25, 0.3) is 0 Å². The van der Waals surface area contributed by atoms with Gasteiger partial charge < -0.3 is 19.9 Å². The Morgan fingerprint density at radius 1 is 1.10 bits per heavy atom. The van der Waals surface area contributed by atoms with E-state index >= 15 is 0 Å². The van der Waals surface area contributed by atoms with Crippen LogP contribution in [-0.4, -0.2) is 83.9 Å². The van der Waals surface area contributed by atoms with Gasteiger partial charge in [-0.05, 0) is 68.0 Å². The number of aliphatic hydroxyl groups excluding tert-OH is 1. The molecule has 0 bridgehead atoms. The third-order valence-corrected chi connectivity index (χ3v) is 11.8. The molecule has 2 aromatic carbocycles. The fourth-order valence-corrected chi connectivity index (χ4v) is 7.50. The molecule has 0 saturated carbocycles. The Balaban J connectivity index is 1.24. The van der Waals surface area contributed by atoms with Crippen molar-refractivity contribution in [2.24, 2.45) is 0 Å². The smallest absolute Gasteiger partial charge is 0.243 e. The summed E-state index contributed by atoms with van der Waals surface area (Å²) in [6.45, 7) is 8.00. The Kier molecular flexibility index (Phi) is 9.84. The summed E-state index contributed by atoms with van der Waals surface area (Å²) in [6, 6.07) is 13.4. The van der Waals surface area contributed by atoms with Gasteiger partial charge in [0.25, 0.3) is 0 Å². The highest BCUT2D eigenvalue weighted by Gasteiger charge is 2.44. The summed E-state index contributed by atoms with van der Waals surface area (Å²) in [7, 11) is -5.82. The summed E-state index contributed by atoms with van der Waals surface area (Å²) in [4.78, 5) is 0.411. The number of benzene rings is 2. The molecule has 41 heavy (non-hydrogen) atoms. The third kappa shape index (κ3) is 7.48. The number of aliphatic hydroxyl groups is 1. The molecule has 1 spiro atoms. The van der Waals surface area contributed by atoms with Crippen LogP contribution in [-0.2, 0) is 30.2 Å². The second-order valence-corrected chi connectivity index (χ2v) is 15.4. The van der Waals surface area contributed by atoms with E-state index in [0.29, 0.717) is 43.2 Å². The van der Waals surface area contributed by atoms with Crippen molar-refractivity contribution >= 4 is 20.0 Å². The second-order valence-electron chi connectivity index (χ2n) is 11.6. The zero-order valence-corrected chi connectivity index (χ0v) is 25.9. The van der Waals surface area contributed by atoms with Gasteiger partial charge in [-0.2, -0.15) is 4.31 Å². The first-order valence-corrected chi connectivity index (χ1v) is 17.1. The molecule has 0 aromatic heterocycles. The topological polar surface area (TPSA) is 134 Å². The number of hydrogen-bond donors (Lipinski definition) is 3. The maximum atomic E-state index is 13.3. The molecule has 0 radical (unpaired) electrons. The first kappa shape index (κ1) is 31.9. The lowest BCUT2D eigenvalue weighted by Gasteiger charge is -2.38. The van der Waals surface area contributed by atoms with Crippen molar-refractivity contribution in [3.63, 3.8) is 0 Å². The summed E-state index contributed by atoms with van der Waals surface area (Å²) < 4.78 is 66.2. The van der Waals surface area contributed by atoms with Crippen molar-refractivity contribution in [3.8, 4) is 5.75 Å². The monoisotopic (exact) mass is 609 g/mol. The van der Waals surface area contributed by atoms with Crippen LogP contribution in [0.5, 0.6) is 5.75 Å².